The van der Waals surface area contributed by atoms with E-state index in [1.54, 1.807) is 24.9 Å². The SMILES string of the molecule is COCCN1C[C@@H](NC(=O)Nc2c(C)c(-c3ccc(=O)n(C)n3)nn2-c2ccccc2)[C@H](c2cc(F)cc(F)c2)C1. The topological polar surface area (TPSA) is 106 Å². The summed E-state index contributed by atoms with van der Waals surface area (Å²) < 4.78 is 36.2. The number of aryl methyl sites for hydroxylation is 1. The molecule has 2 aromatic carbocycles. The van der Waals surface area contributed by atoms with E-state index < -0.39 is 23.7 Å². The van der Waals surface area contributed by atoms with E-state index >= 15 is 0 Å². The highest BCUT2D eigenvalue weighted by Crippen LogP contribution is 2.31. The lowest BCUT2D eigenvalue weighted by atomic mass is 9.94. The molecule has 2 amide bonds. The summed E-state index contributed by atoms with van der Waals surface area (Å²) in [6.45, 7) is 3.88. The number of methoxy groups -OCH3 is 1. The van der Waals surface area contributed by atoms with Crippen LogP contribution >= 0.6 is 0 Å². The number of nitrogens with one attached hydrogen (secondary N) is 2. The van der Waals surface area contributed by atoms with E-state index in [1.807, 2.05) is 37.3 Å². The first kappa shape index (κ1) is 28.1. The molecular formula is C29H31F2N7O3. The van der Waals surface area contributed by atoms with Gasteiger partial charge < -0.3 is 10.1 Å². The van der Waals surface area contributed by atoms with Gasteiger partial charge in [0.05, 0.1) is 18.3 Å². The number of urea groups is 1. The van der Waals surface area contributed by atoms with Gasteiger partial charge in [0.15, 0.2) is 0 Å². The van der Waals surface area contributed by atoms with Crippen LogP contribution in [0.2, 0.25) is 0 Å². The Morgan fingerprint density at radius 2 is 1.78 bits per heavy atom. The standard InChI is InChI=1S/C29H31F2N7O3/c1-18-27(24-9-10-26(39)36(2)34-24)35-38(22-7-5-4-6-8-22)28(18)33-29(40)32-25-17-37(11-12-41-3)16-23(25)19-13-20(30)15-21(31)14-19/h4-10,13-15,23,25H,11-12,16-17H2,1-3H3,(H2,32,33,40)/t23-,25+/m0/s1. The summed E-state index contributed by atoms with van der Waals surface area (Å²) in [5.74, 6) is -1.25. The number of likely N-dealkylation sites (tertiary alicyclic amines) is 1. The second kappa shape index (κ2) is 12.0. The predicted molar refractivity (Wildman–Crippen MR) is 150 cm³/mol. The molecule has 0 unspecified atom stereocenters. The van der Waals surface area contributed by atoms with Crippen LogP contribution in [-0.2, 0) is 11.8 Å². The molecule has 0 aliphatic carbocycles. The van der Waals surface area contributed by atoms with E-state index in [0.717, 1.165) is 6.07 Å². The van der Waals surface area contributed by atoms with Crippen LogP contribution in [0.5, 0.6) is 0 Å². The van der Waals surface area contributed by atoms with Gasteiger partial charge in [0.25, 0.3) is 5.56 Å². The van der Waals surface area contributed by atoms with Gasteiger partial charge in [-0.25, -0.2) is 22.9 Å². The van der Waals surface area contributed by atoms with Crippen molar-refractivity contribution in [3.63, 3.8) is 0 Å². The first-order chi connectivity index (χ1) is 19.7. The van der Waals surface area contributed by atoms with Gasteiger partial charge in [-0.05, 0) is 42.8 Å². The third kappa shape index (κ3) is 6.18. The number of aromatic nitrogens is 4. The van der Waals surface area contributed by atoms with Gasteiger partial charge in [0, 0.05) is 57.4 Å². The molecule has 41 heavy (non-hydrogen) atoms. The highest BCUT2D eigenvalue weighted by molar-refractivity contribution is 5.91. The zero-order valence-electron chi connectivity index (χ0n) is 23.0. The van der Waals surface area contributed by atoms with Crippen LogP contribution in [0.1, 0.15) is 17.0 Å². The zero-order valence-corrected chi connectivity index (χ0v) is 23.0. The first-order valence-corrected chi connectivity index (χ1v) is 13.2. The van der Waals surface area contributed by atoms with Crippen molar-refractivity contribution in [2.24, 2.45) is 7.05 Å². The van der Waals surface area contributed by atoms with E-state index in [0.29, 0.717) is 60.3 Å². The van der Waals surface area contributed by atoms with Crippen LogP contribution in [-0.4, -0.2) is 69.9 Å². The molecular weight excluding hydrogens is 532 g/mol. The summed E-state index contributed by atoms with van der Waals surface area (Å²) in [4.78, 5) is 27.4. The zero-order chi connectivity index (χ0) is 29.1. The summed E-state index contributed by atoms with van der Waals surface area (Å²) in [7, 11) is 3.16. The van der Waals surface area contributed by atoms with Crippen molar-refractivity contribution in [2.45, 2.75) is 18.9 Å². The van der Waals surface area contributed by atoms with Gasteiger partial charge in [0.1, 0.15) is 28.8 Å². The number of para-hydroxylation sites is 1. The minimum Gasteiger partial charge on any atom is -0.383 e. The molecule has 2 N–H and O–H groups in total. The molecule has 1 aliphatic rings. The number of carbonyl (C=O) groups is 1. The fraction of sp³-hybridized carbons (Fsp3) is 0.310. The van der Waals surface area contributed by atoms with E-state index in [-0.39, 0.29) is 11.5 Å². The molecule has 2 atom stereocenters. The summed E-state index contributed by atoms with van der Waals surface area (Å²) in [5, 5.41) is 15.0. The van der Waals surface area contributed by atoms with Crippen molar-refractivity contribution >= 4 is 11.8 Å². The van der Waals surface area contributed by atoms with Crippen molar-refractivity contribution in [1.82, 2.24) is 29.8 Å². The molecule has 1 fully saturated rings. The van der Waals surface area contributed by atoms with E-state index in [1.165, 1.54) is 22.9 Å². The normalized spacial score (nSPS) is 17.1. The smallest absolute Gasteiger partial charge is 0.320 e. The lowest BCUT2D eigenvalue weighted by molar-refractivity contribution is 0.159. The van der Waals surface area contributed by atoms with Crippen LogP contribution in [0.25, 0.3) is 17.1 Å². The molecule has 214 valence electrons. The lowest BCUT2D eigenvalue weighted by Crippen LogP contribution is -2.42. The number of amides is 2. The summed E-state index contributed by atoms with van der Waals surface area (Å²) in [5.41, 5.74) is 2.55. The number of ether oxygens (including phenoxy) is 1. The fourth-order valence-corrected chi connectivity index (χ4v) is 5.14. The van der Waals surface area contributed by atoms with Crippen LogP contribution < -0.4 is 16.2 Å². The third-order valence-electron chi connectivity index (χ3n) is 7.19. The number of halogens is 2. The molecule has 0 saturated carbocycles. The number of carbonyl (C=O) groups excluding carboxylic acids is 1. The minimum absolute atomic E-state index is 0.254. The van der Waals surface area contributed by atoms with Crippen molar-refractivity contribution in [2.75, 3.05) is 38.7 Å². The Kier molecular flexibility index (Phi) is 8.22. The largest absolute Gasteiger partial charge is 0.383 e. The second-order valence-corrected chi connectivity index (χ2v) is 10.0. The monoisotopic (exact) mass is 563 g/mol. The molecule has 4 aromatic rings. The fourth-order valence-electron chi connectivity index (χ4n) is 5.14. The van der Waals surface area contributed by atoms with Crippen molar-refractivity contribution in [3.05, 3.63) is 93.8 Å². The Morgan fingerprint density at radius 1 is 1.05 bits per heavy atom. The number of anilines is 1. The van der Waals surface area contributed by atoms with Gasteiger partial charge >= 0.3 is 6.03 Å². The number of nitrogens with zero attached hydrogens (tertiary/aromatic N) is 5. The Morgan fingerprint density at radius 3 is 2.46 bits per heavy atom. The molecule has 12 heteroatoms. The summed E-state index contributed by atoms with van der Waals surface area (Å²) in [6.07, 6.45) is 0. The molecule has 3 heterocycles. The maximum atomic E-state index is 14.1. The van der Waals surface area contributed by atoms with Crippen LogP contribution in [0.4, 0.5) is 19.4 Å². The van der Waals surface area contributed by atoms with Crippen LogP contribution in [0.3, 0.4) is 0 Å². The quantitative estimate of drug-likeness (QED) is 0.340. The number of rotatable bonds is 8. The lowest BCUT2D eigenvalue weighted by Gasteiger charge is -2.21. The molecule has 1 saturated heterocycles. The van der Waals surface area contributed by atoms with Crippen LogP contribution in [0.15, 0.2) is 65.5 Å². The molecule has 0 spiro atoms. The van der Waals surface area contributed by atoms with Crippen molar-refractivity contribution in [1.29, 1.82) is 0 Å². The summed E-state index contributed by atoms with van der Waals surface area (Å²) >= 11 is 0. The van der Waals surface area contributed by atoms with Gasteiger partial charge in [-0.1, -0.05) is 18.2 Å². The molecule has 5 rings (SSSR count). The van der Waals surface area contributed by atoms with E-state index in [9.17, 15) is 18.4 Å². The van der Waals surface area contributed by atoms with E-state index in [4.69, 9.17) is 9.84 Å². The van der Waals surface area contributed by atoms with Crippen molar-refractivity contribution < 1.29 is 18.3 Å². The number of benzene rings is 2. The molecule has 0 bridgehead atoms. The Labute approximate surface area is 235 Å². The Balaban J connectivity index is 1.45. The maximum absolute atomic E-state index is 14.1. The summed E-state index contributed by atoms with van der Waals surface area (Å²) in [6, 6.07) is 14.8. The van der Waals surface area contributed by atoms with Gasteiger partial charge in [-0.15, -0.1) is 0 Å². The minimum atomic E-state index is -0.666. The van der Waals surface area contributed by atoms with Gasteiger partial charge in [-0.3, -0.25) is 15.0 Å². The third-order valence-corrected chi connectivity index (χ3v) is 7.19. The predicted octanol–water partition coefficient (Wildman–Crippen LogP) is 3.46. The molecule has 1 aliphatic heterocycles. The first-order valence-electron chi connectivity index (χ1n) is 13.2. The molecule has 2 aromatic heterocycles. The number of hydrogen-bond acceptors (Lipinski definition) is 6. The average Bonchev–Trinajstić information content (AvgIpc) is 3.49. The molecule has 10 nitrogen and oxygen atoms in total. The number of hydrogen-bond donors (Lipinski definition) is 2. The van der Waals surface area contributed by atoms with Gasteiger partial charge in [-0.2, -0.15) is 10.2 Å². The Hall–Kier alpha value is -4.42. The van der Waals surface area contributed by atoms with E-state index in [2.05, 4.69) is 20.6 Å². The van der Waals surface area contributed by atoms with Crippen molar-refractivity contribution in [3.8, 4) is 17.1 Å². The highest BCUT2D eigenvalue weighted by atomic mass is 19.1. The van der Waals surface area contributed by atoms with Crippen LogP contribution in [0, 0.1) is 18.6 Å². The highest BCUT2D eigenvalue weighted by Gasteiger charge is 2.35. The second-order valence-electron chi connectivity index (χ2n) is 10.0. The average molecular weight is 564 g/mol. The molecule has 0 radical (unpaired) electrons. The maximum Gasteiger partial charge on any atom is 0.320 e. The van der Waals surface area contributed by atoms with Gasteiger partial charge in [0.2, 0.25) is 0 Å². The Bertz CT molecular complexity index is 1590.